The van der Waals surface area contributed by atoms with Gasteiger partial charge in [0.25, 0.3) is 0 Å². The van der Waals surface area contributed by atoms with Crippen LogP contribution >= 0.6 is 12.4 Å². The summed E-state index contributed by atoms with van der Waals surface area (Å²) in [6.45, 7) is 9.16. The molecule has 0 radical (unpaired) electrons. The standard InChI is InChI=1S/C14H27N3O.ClH/c1-12-4-3-7-17(12)13(18)5-8-16-9-6-14(2,10-15)11-16;/h12H,3-11,15H2,1-2H3;1H. The Morgan fingerprint density at radius 3 is 2.68 bits per heavy atom. The number of carbonyl (C=O) groups is 1. The van der Waals surface area contributed by atoms with Crippen LogP contribution in [0.15, 0.2) is 0 Å². The van der Waals surface area contributed by atoms with E-state index < -0.39 is 0 Å². The summed E-state index contributed by atoms with van der Waals surface area (Å²) in [7, 11) is 0. The molecule has 2 rings (SSSR count). The minimum Gasteiger partial charge on any atom is -0.340 e. The highest BCUT2D eigenvalue weighted by molar-refractivity contribution is 5.85. The Morgan fingerprint density at radius 2 is 2.16 bits per heavy atom. The topological polar surface area (TPSA) is 49.6 Å². The normalized spacial score (nSPS) is 31.5. The highest BCUT2D eigenvalue weighted by Gasteiger charge is 2.33. The number of rotatable bonds is 4. The highest BCUT2D eigenvalue weighted by Crippen LogP contribution is 2.28. The second kappa shape index (κ2) is 6.91. The van der Waals surface area contributed by atoms with Crippen LogP contribution in [0.3, 0.4) is 0 Å². The summed E-state index contributed by atoms with van der Waals surface area (Å²) in [6.07, 6.45) is 4.17. The van der Waals surface area contributed by atoms with Gasteiger partial charge in [-0.2, -0.15) is 0 Å². The zero-order chi connectivity index (χ0) is 13.2. The molecule has 0 bridgehead atoms. The Morgan fingerprint density at radius 1 is 1.42 bits per heavy atom. The summed E-state index contributed by atoms with van der Waals surface area (Å²) in [4.78, 5) is 16.6. The Hall–Kier alpha value is -0.320. The van der Waals surface area contributed by atoms with E-state index in [9.17, 15) is 4.79 Å². The first kappa shape index (κ1) is 16.7. The van der Waals surface area contributed by atoms with E-state index in [4.69, 9.17) is 5.73 Å². The fraction of sp³-hybridized carbons (Fsp3) is 0.929. The van der Waals surface area contributed by atoms with Crippen molar-refractivity contribution in [1.29, 1.82) is 0 Å². The summed E-state index contributed by atoms with van der Waals surface area (Å²) in [6, 6.07) is 0.449. The molecule has 2 aliphatic rings. The molecule has 2 N–H and O–H groups in total. The fourth-order valence-electron chi connectivity index (χ4n) is 3.18. The molecule has 2 atom stereocenters. The lowest BCUT2D eigenvalue weighted by atomic mass is 9.90. The molecule has 2 saturated heterocycles. The van der Waals surface area contributed by atoms with Gasteiger partial charge >= 0.3 is 0 Å². The van der Waals surface area contributed by atoms with Crippen LogP contribution in [0.4, 0.5) is 0 Å². The number of hydrogen-bond donors (Lipinski definition) is 1. The van der Waals surface area contributed by atoms with Crippen molar-refractivity contribution in [3.8, 4) is 0 Å². The maximum absolute atomic E-state index is 12.1. The van der Waals surface area contributed by atoms with Gasteiger partial charge in [0.05, 0.1) is 0 Å². The predicted octanol–water partition coefficient (Wildman–Crippen LogP) is 1.48. The van der Waals surface area contributed by atoms with E-state index in [-0.39, 0.29) is 17.8 Å². The molecule has 2 fully saturated rings. The number of halogens is 1. The molecule has 2 aliphatic heterocycles. The summed E-state index contributed by atoms with van der Waals surface area (Å²) in [5.41, 5.74) is 6.07. The summed E-state index contributed by atoms with van der Waals surface area (Å²) >= 11 is 0. The zero-order valence-corrected chi connectivity index (χ0v) is 13.0. The van der Waals surface area contributed by atoms with Crippen LogP contribution in [-0.4, -0.2) is 54.5 Å². The van der Waals surface area contributed by atoms with Crippen molar-refractivity contribution in [2.24, 2.45) is 11.1 Å². The fourth-order valence-corrected chi connectivity index (χ4v) is 3.18. The van der Waals surface area contributed by atoms with E-state index in [1.54, 1.807) is 0 Å². The molecule has 2 unspecified atom stereocenters. The van der Waals surface area contributed by atoms with Crippen molar-refractivity contribution in [2.45, 2.75) is 45.6 Å². The third-order valence-corrected chi connectivity index (χ3v) is 4.64. The van der Waals surface area contributed by atoms with Crippen molar-refractivity contribution < 1.29 is 4.79 Å². The van der Waals surface area contributed by atoms with E-state index >= 15 is 0 Å². The molecule has 0 saturated carbocycles. The first-order valence-corrected chi connectivity index (χ1v) is 7.26. The quantitative estimate of drug-likeness (QED) is 0.853. The first-order chi connectivity index (χ1) is 8.54. The average Bonchev–Trinajstić information content (AvgIpc) is 2.94. The van der Waals surface area contributed by atoms with E-state index in [1.165, 1.54) is 12.8 Å². The lowest BCUT2D eigenvalue weighted by molar-refractivity contribution is -0.132. The maximum atomic E-state index is 12.1. The largest absolute Gasteiger partial charge is 0.340 e. The lowest BCUT2D eigenvalue weighted by Crippen LogP contribution is -2.37. The van der Waals surface area contributed by atoms with E-state index in [0.29, 0.717) is 18.4 Å². The second-order valence-electron chi connectivity index (χ2n) is 6.37. The SMILES string of the molecule is CC1CCCN1C(=O)CCN1CCC(C)(CN)C1.Cl. The second-order valence-corrected chi connectivity index (χ2v) is 6.37. The molecule has 5 heteroatoms. The van der Waals surface area contributed by atoms with Crippen LogP contribution in [0, 0.1) is 5.41 Å². The van der Waals surface area contributed by atoms with E-state index in [0.717, 1.165) is 39.1 Å². The molecule has 112 valence electrons. The van der Waals surface area contributed by atoms with Gasteiger partial charge in [0.15, 0.2) is 0 Å². The maximum Gasteiger partial charge on any atom is 0.224 e. The van der Waals surface area contributed by atoms with Crippen molar-refractivity contribution in [3.63, 3.8) is 0 Å². The predicted molar refractivity (Wildman–Crippen MR) is 80.5 cm³/mol. The average molecular weight is 290 g/mol. The third-order valence-electron chi connectivity index (χ3n) is 4.64. The van der Waals surface area contributed by atoms with Crippen LogP contribution in [0.1, 0.15) is 39.5 Å². The molecule has 19 heavy (non-hydrogen) atoms. The van der Waals surface area contributed by atoms with Crippen LogP contribution < -0.4 is 5.73 Å². The van der Waals surface area contributed by atoms with Gasteiger partial charge in [-0.1, -0.05) is 6.92 Å². The van der Waals surface area contributed by atoms with Crippen LogP contribution in [0.25, 0.3) is 0 Å². The minimum absolute atomic E-state index is 0. The molecule has 2 heterocycles. The minimum atomic E-state index is 0. The van der Waals surface area contributed by atoms with Gasteiger partial charge in [-0.25, -0.2) is 0 Å². The van der Waals surface area contributed by atoms with Crippen LogP contribution in [0.2, 0.25) is 0 Å². The van der Waals surface area contributed by atoms with Crippen molar-refractivity contribution in [1.82, 2.24) is 9.80 Å². The van der Waals surface area contributed by atoms with Crippen LogP contribution in [-0.2, 0) is 4.79 Å². The molecular formula is C14H28ClN3O. The lowest BCUT2D eigenvalue weighted by Gasteiger charge is -2.24. The summed E-state index contributed by atoms with van der Waals surface area (Å²) in [5, 5.41) is 0. The highest BCUT2D eigenvalue weighted by atomic mass is 35.5. The number of nitrogens with two attached hydrogens (primary N) is 1. The Kier molecular flexibility index (Phi) is 6.09. The van der Waals surface area contributed by atoms with Crippen molar-refractivity contribution in [3.05, 3.63) is 0 Å². The monoisotopic (exact) mass is 289 g/mol. The van der Waals surface area contributed by atoms with Gasteiger partial charge in [0.2, 0.25) is 5.91 Å². The van der Waals surface area contributed by atoms with Gasteiger partial charge in [-0.05, 0) is 44.7 Å². The Bertz CT molecular complexity index is 313. The molecule has 1 amide bonds. The number of amides is 1. The Balaban J connectivity index is 0.00000180. The third kappa shape index (κ3) is 4.07. The van der Waals surface area contributed by atoms with E-state index in [2.05, 4.69) is 23.6 Å². The van der Waals surface area contributed by atoms with E-state index in [1.807, 2.05) is 0 Å². The molecule has 0 aliphatic carbocycles. The van der Waals surface area contributed by atoms with Crippen LogP contribution in [0.5, 0.6) is 0 Å². The number of hydrogen-bond acceptors (Lipinski definition) is 3. The van der Waals surface area contributed by atoms with Gasteiger partial charge in [0.1, 0.15) is 0 Å². The molecule has 0 aromatic rings. The smallest absolute Gasteiger partial charge is 0.224 e. The number of nitrogens with zero attached hydrogens (tertiary/aromatic N) is 2. The summed E-state index contributed by atoms with van der Waals surface area (Å²) < 4.78 is 0. The molecule has 0 aromatic heterocycles. The molecule has 4 nitrogen and oxygen atoms in total. The first-order valence-electron chi connectivity index (χ1n) is 7.26. The molecule has 0 aromatic carbocycles. The molecular weight excluding hydrogens is 262 g/mol. The number of carbonyl (C=O) groups excluding carboxylic acids is 1. The van der Waals surface area contributed by atoms with Gasteiger partial charge < -0.3 is 15.5 Å². The Labute approximate surface area is 123 Å². The van der Waals surface area contributed by atoms with Gasteiger partial charge in [0, 0.05) is 32.1 Å². The van der Waals surface area contributed by atoms with Gasteiger partial charge in [-0.15, -0.1) is 12.4 Å². The number of likely N-dealkylation sites (tertiary alicyclic amines) is 2. The zero-order valence-electron chi connectivity index (χ0n) is 12.2. The van der Waals surface area contributed by atoms with Gasteiger partial charge in [-0.3, -0.25) is 4.79 Å². The summed E-state index contributed by atoms with van der Waals surface area (Å²) in [5.74, 6) is 0.335. The van der Waals surface area contributed by atoms with Crippen molar-refractivity contribution in [2.75, 3.05) is 32.7 Å². The van der Waals surface area contributed by atoms with Crippen molar-refractivity contribution >= 4 is 18.3 Å². The molecule has 0 spiro atoms.